The number of carbonyl (C=O) groups is 1. The third-order valence-corrected chi connectivity index (χ3v) is 3.36. The minimum atomic E-state index is -1.31. The van der Waals surface area contributed by atoms with E-state index in [4.69, 9.17) is 0 Å². The molecular weight excluding hydrogens is 300 g/mol. The Morgan fingerprint density at radius 1 is 1.13 bits per heavy atom. The molecule has 0 amide bonds. The van der Waals surface area contributed by atoms with E-state index < -0.39 is 23.1 Å². The summed E-state index contributed by atoms with van der Waals surface area (Å²) in [5.74, 6) is -1.11. The number of carboxylic acid groups (broad SMARTS) is 1. The van der Waals surface area contributed by atoms with Crippen molar-refractivity contribution >= 4 is 5.97 Å². The van der Waals surface area contributed by atoms with Crippen LogP contribution in [0.2, 0.25) is 0 Å². The first-order valence-corrected chi connectivity index (χ1v) is 6.92. The first kappa shape index (κ1) is 16.4. The van der Waals surface area contributed by atoms with Crippen molar-refractivity contribution in [1.82, 2.24) is 5.32 Å². The molecule has 0 radical (unpaired) electrons. The van der Waals surface area contributed by atoms with E-state index >= 15 is 0 Å². The van der Waals surface area contributed by atoms with Gasteiger partial charge in [-0.3, -0.25) is 14.9 Å². The van der Waals surface area contributed by atoms with Crippen LogP contribution in [-0.2, 0) is 11.2 Å². The van der Waals surface area contributed by atoms with E-state index in [2.05, 4.69) is 5.32 Å². The lowest BCUT2D eigenvalue weighted by molar-refractivity contribution is -0.537. The van der Waals surface area contributed by atoms with Crippen LogP contribution in [0.1, 0.15) is 17.3 Å². The van der Waals surface area contributed by atoms with E-state index in [1.54, 1.807) is 42.5 Å². The Bertz CT molecular complexity index is 673. The number of nitrogens with one attached hydrogen (secondary N) is 1. The quantitative estimate of drug-likeness (QED) is 0.409. The zero-order chi connectivity index (χ0) is 16.8. The van der Waals surface area contributed by atoms with Gasteiger partial charge in [-0.15, -0.1) is 0 Å². The minimum absolute atomic E-state index is 0.0623. The number of nitro groups is 1. The van der Waals surface area contributed by atoms with Gasteiger partial charge in [-0.25, -0.2) is 5.32 Å². The van der Waals surface area contributed by atoms with E-state index in [1.165, 1.54) is 12.1 Å². The van der Waals surface area contributed by atoms with E-state index in [1.807, 2.05) is 0 Å². The molecule has 0 aliphatic carbocycles. The molecule has 0 fully saturated rings. The number of phenolic OH excluding ortho intramolecular Hbond substituents is 1. The second-order valence-electron chi connectivity index (χ2n) is 5.03. The smallest absolute Gasteiger partial charge is 0.321 e. The molecule has 7 heteroatoms. The third-order valence-electron chi connectivity index (χ3n) is 3.36. The summed E-state index contributed by atoms with van der Waals surface area (Å²) in [4.78, 5) is 22.1. The summed E-state index contributed by atoms with van der Waals surface area (Å²) in [7, 11) is 0. The SMILES string of the molecule is O=C(O)C(Cc1ccc(O)cc1)NC(c1ccccc1)[N+](=O)[O-]. The van der Waals surface area contributed by atoms with Crippen molar-refractivity contribution in [3.63, 3.8) is 0 Å². The van der Waals surface area contributed by atoms with Gasteiger partial charge in [0.1, 0.15) is 11.8 Å². The molecule has 2 aromatic rings. The van der Waals surface area contributed by atoms with Gasteiger partial charge in [-0.2, -0.15) is 0 Å². The monoisotopic (exact) mass is 316 g/mol. The fourth-order valence-electron chi connectivity index (χ4n) is 2.19. The van der Waals surface area contributed by atoms with Crippen LogP contribution < -0.4 is 5.32 Å². The lowest BCUT2D eigenvalue weighted by Crippen LogP contribution is -2.43. The number of rotatable bonds is 7. The Morgan fingerprint density at radius 2 is 1.74 bits per heavy atom. The Morgan fingerprint density at radius 3 is 2.26 bits per heavy atom. The molecule has 0 saturated heterocycles. The van der Waals surface area contributed by atoms with Crippen molar-refractivity contribution in [3.05, 3.63) is 75.8 Å². The van der Waals surface area contributed by atoms with Crippen molar-refractivity contribution in [1.29, 1.82) is 0 Å². The molecule has 0 spiro atoms. The average Bonchev–Trinajstić information content (AvgIpc) is 2.53. The highest BCUT2D eigenvalue weighted by Gasteiger charge is 2.29. The largest absolute Gasteiger partial charge is 0.508 e. The molecular formula is C16H16N2O5. The highest BCUT2D eigenvalue weighted by molar-refractivity contribution is 5.74. The summed E-state index contributed by atoms with van der Waals surface area (Å²) >= 11 is 0. The van der Waals surface area contributed by atoms with Gasteiger partial charge < -0.3 is 10.2 Å². The van der Waals surface area contributed by atoms with E-state index in [9.17, 15) is 25.1 Å². The number of benzene rings is 2. The maximum atomic E-state index is 11.4. The first-order chi connectivity index (χ1) is 11.0. The van der Waals surface area contributed by atoms with Crippen molar-refractivity contribution in [3.8, 4) is 5.75 Å². The molecule has 0 bridgehead atoms. The van der Waals surface area contributed by atoms with Gasteiger partial charge in [-0.1, -0.05) is 42.5 Å². The molecule has 0 heterocycles. The van der Waals surface area contributed by atoms with Crippen LogP contribution in [-0.4, -0.2) is 27.1 Å². The summed E-state index contributed by atoms with van der Waals surface area (Å²) in [6, 6.07) is 13.1. The van der Waals surface area contributed by atoms with Gasteiger partial charge in [0.05, 0.1) is 0 Å². The van der Waals surface area contributed by atoms with Crippen LogP contribution in [0.3, 0.4) is 0 Å². The fraction of sp³-hybridized carbons (Fsp3) is 0.188. The Labute approximate surface area is 132 Å². The summed E-state index contributed by atoms with van der Waals surface area (Å²) in [5.41, 5.74) is 1.03. The number of aromatic hydroxyl groups is 1. The molecule has 0 aliphatic heterocycles. The van der Waals surface area contributed by atoms with Crippen LogP contribution in [0.15, 0.2) is 54.6 Å². The van der Waals surface area contributed by atoms with Crippen molar-refractivity contribution in [2.45, 2.75) is 18.6 Å². The normalized spacial score (nSPS) is 13.2. The summed E-state index contributed by atoms with van der Waals surface area (Å²) in [6.45, 7) is 0. The highest BCUT2D eigenvalue weighted by atomic mass is 16.6. The fourth-order valence-corrected chi connectivity index (χ4v) is 2.19. The molecule has 0 aliphatic rings. The van der Waals surface area contributed by atoms with Crippen LogP contribution in [0.25, 0.3) is 0 Å². The lowest BCUT2D eigenvalue weighted by atomic mass is 10.0. The number of aliphatic carboxylic acids is 1. The average molecular weight is 316 g/mol. The van der Waals surface area contributed by atoms with Crippen molar-refractivity contribution in [2.75, 3.05) is 0 Å². The molecule has 2 unspecified atom stereocenters. The Hall–Kier alpha value is -2.93. The molecule has 2 aromatic carbocycles. The number of hydrogen-bond donors (Lipinski definition) is 3. The summed E-state index contributed by atoms with van der Waals surface area (Å²) < 4.78 is 0. The molecule has 2 atom stereocenters. The lowest BCUT2D eigenvalue weighted by Gasteiger charge is -2.18. The zero-order valence-corrected chi connectivity index (χ0v) is 12.1. The summed E-state index contributed by atoms with van der Waals surface area (Å²) in [5, 5.41) is 32.4. The predicted octanol–water partition coefficient (Wildman–Crippen LogP) is 1.95. The van der Waals surface area contributed by atoms with E-state index in [0.717, 1.165) is 0 Å². The maximum Gasteiger partial charge on any atom is 0.321 e. The first-order valence-electron chi connectivity index (χ1n) is 6.92. The van der Waals surface area contributed by atoms with E-state index in [0.29, 0.717) is 11.1 Å². The van der Waals surface area contributed by atoms with Gasteiger partial charge in [-0.05, 0) is 24.1 Å². The summed E-state index contributed by atoms with van der Waals surface area (Å²) in [6.07, 6.45) is -1.25. The highest BCUT2D eigenvalue weighted by Crippen LogP contribution is 2.16. The second-order valence-corrected chi connectivity index (χ2v) is 5.03. The second kappa shape index (κ2) is 7.37. The Kier molecular flexibility index (Phi) is 5.27. The number of nitrogens with zero attached hydrogens (tertiary/aromatic N) is 1. The van der Waals surface area contributed by atoms with Crippen LogP contribution in [0.4, 0.5) is 0 Å². The van der Waals surface area contributed by atoms with Crippen molar-refractivity contribution < 1.29 is 19.9 Å². The van der Waals surface area contributed by atoms with Crippen LogP contribution >= 0.6 is 0 Å². The molecule has 23 heavy (non-hydrogen) atoms. The predicted molar refractivity (Wildman–Crippen MR) is 82.5 cm³/mol. The minimum Gasteiger partial charge on any atom is -0.508 e. The van der Waals surface area contributed by atoms with Gasteiger partial charge in [0.25, 0.3) is 6.17 Å². The number of carboxylic acids is 1. The van der Waals surface area contributed by atoms with E-state index in [-0.39, 0.29) is 12.2 Å². The standard InChI is InChI=1S/C16H16N2O5/c19-13-8-6-11(7-9-13)10-14(16(20)21)17-15(18(22)23)12-4-2-1-3-5-12/h1-9,14-15,17,19H,10H2,(H,20,21). The van der Waals surface area contributed by atoms with Crippen LogP contribution in [0, 0.1) is 10.1 Å². The molecule has 0 saturated carbocycles. The number of phenols is 1. The molecule has 120 valence electrons. The topological polar surface area (TPSA) is 113 Å². The van der Waals surface area contributed by atoms with Gasteiger partial charge in [0.2, 0.25) is 0 Å². The third kappa shape index (κ3) is 4.52. The maximum absolute atomic E-state index is 11.4. The van der Waals surface area contributed by atoms with Gasteiger partial charge >= 0.3 is 5.97 Å². The Balaban J connectivity index is 2.18. The molecule has 0 aromatic heterocycles. The van der Waals surface area contributed by atoms with Crippen molar-refractivity contribution in [2.24, 2.45) is 0 Å². The molecule has 7 nitrogen and oxygen atoms in total. The molecule has 2 rings (SSSR count). The number of hydrogen-bond acceptors (Lipinski definition) is 5. The van der Waals surface area contributed by atoms with Gasteiger partial charge in [0, 0.05) is 10.5 Å². The zero-order valence-electron chi connectivity index (χ0n) is 12.1. The molecule has 3 N–H and O–H groups in total. The van der Waals surface area contributed by atoms with Crippen LogP contribution in [0.5, 0.6) is 5.75 Å². The van der Waals surface area contributed by atoms with Gasteiger partial charge in [0.15, 0.2) is 0 Å².